The smallest absolute Gasteiger partial charge is 0.0525 e. The zero-order valence-electron chi connectivity index (χ0n) is 10.9. The first-order valence-electron chi connectivity index (χ1n) is 6.48. The standard InChI is InChI=1S/C13H25N3/c1-4-5-6-7-9-14-11-13-8-10-15-16(13)12(2)3/h8,10,12,14H,4-7,9,11H2,1-3H3. The molecule has 1 heterocycles. The summed E-state index contributed by atoms with van der Waals surface area (Å²) in [6.45, 7) is 8.62. The fourth-order valence-electron chi connectivity index (χ4n) is 1.84. The first-order valence-corrected chi connectivity index (χ1v) is 6.48. The highest BCUT2D eigenvalue weighted by Gasteiger charge is 2.04. The number of nitrogens with zero attached hydrogens (tertiary/aromatic N) is 2. The number of hydrogen-bond donors (Lipinski definition) is 1. The van der Waals surface area contributed by atoms with Crippen molar-refractivity contribution in [1.29, 1.82) is 0 Å². The van der Waals surface area contributed by atoms with Crippen molar-refractivity contribution in [3.05, 3.63) is 18.0 Å². The highest BCUT2D eigenvalue weighted by Crippen LogP contribution is 2.07. The lowest BCUT2D eigenvalue weighted by Crippen LogP contribution is -2.18. The van der Waals surface area contributed by atoms with E-state index in [4.69, 9.17) is 0 Å². The van der Waals surface area contributed by atoms with E-state index < -0.39 is 0 Å². The van der Waals surface area contributed by atoms with E-state index in [0.29, 0.717) is 6.04 Å². The molecule has 1 rings (SSSR count). The van der Waals surface area contributed by atoms with Crippen molar-refractivity contribution in [3.8, 4) is 0 Å². The molecule has 0 spiro atoms. The van der Waals surface area contributed by atoms with Gasteiger partial charge in [-0.3, -0.25) is 4.68 Å². The van der Waals surface area contributed by atoms with Crippen LogP contribution in [0, 0.1) is 0 Å². The molecule has 0 fully saturated rings. The molecule has 92 valence electrons. The van der Waals surface area contributed by atoms with Gasteiger partial charge in [0.05, 0.1) is 5.69 Å². The lowest BCUT2D eigenvalue weighted by molar-refractivity contribution is 0.491. The first kappa shape index (κ1) is 13.2. The van der Waals surface area contributed by atoms with Gasteiger partial charge in [0.1, 0.15) is 0 Å². The summed E-state index contributed by atoms with van der Waals surface area (Å²) in [7, 11) is 0. The fraction of sp³-hybridized carbons (Fsp3) is 0.769. The van der Waals surface area contributed by atoms with Gasteiger partial charge in [-0.1, -0.05) is 26.2 Å². The minimum absolute atomic E-state index is 0.451. The third-order valence-electron chi connectivity index (χ3n) is 2.75. The number of hydrogen-bond acceptors (Lipinski definition) is 2. The maximum absolute atomic E-state index is 4.32. The number of unbranched alkanes of at least 4 members (excludes halogenated alkanes) is 3. The Morgan fingerprint density at radius 2 is 2.12 bits per heavy atom. The minimum atomic E-state index is 0.451. The van der Waals surface area contributed by atoms with Gasteiger partial charge in [0, 0.05) is 18.8 Å². The number of rotatable bonds is 8. The van der Waals surface area contributed by atoms with E-state index in [9.17, 15) is 0 Å². The van der Waals surface area contributed by atoms with E-state index in [2.05, 4.69) is 41.9 Å². The molecule has 0 amide bonds. The lowest BCUT2D eigenvalue weighted by Gasteiger charge is -2.11. The van der Waals surface area contributed by atoms with Gasteiger partial charge in [0.25, 0.3) is 0 Å². The molecule has 16 heavy (non-hydrogen) atoms. The van der Waals surface area contributed by atoms with Gasteiger partial charge < -0.3 is 5.32 Å². The largest absolute Gasteiger partial charge is 0.311 e. The van der Waals surface area contributed by atoms with E-state index in [0.717, 1.165) is 13.1 Å². The van der Waals surface area contributed by atoms with Crippen LogP contribution in [0.4, 0.5) is 0 Å². The van der Waals surface area contributed by atoms with Crippen LogP contribution in [0.25, 0.3) is 0 Å². The van der Waals surface area contributed by atoms with Crippen molar-refractivity contribution in [2.45, 2.75) is 59.0 Å². The Hall–Kier alpha value is -0.830. The van der Waals surface area contributed by atoms with Crippen LogP contribution in [0.3, 0.4) is 0 Å². The Kier molecular flexibility index (Phi) is 6.16. The molecule has 1 aromatic rings. The molecule has 0 radical (unpaired) electrons. The molecule has 1 N–H and O–H groups in total. The second-order valence-corrected chi connectivity index (χ2v) is 4.60. The summed E-state index contributed by atoms with van der Waals surface area (Å²) >= 11 is 0. The van der Waals surface area contributed by atoms with E-state index >= 15 is 0 Å². The normalized spacial score (nSPS) is 11.2. The molecule has 0 saturated carbocycles. The second-order valence-electron chi connectivity index (χ2n) is 4.60. The van der Waals surface area contributed by atoms with Gasteiger partial charge in [0.2, 0.25) is 0 Å². The van der Waals surface area contributed by atoms with Crippen LogP contribution in [-0.4, -0.2) is 16.3 Å². The summed E-state index contributed by atoms with van der Waals surface area (Å²) in [6.07, 6.45) is 7.16. The predicted octanol–water partition coefficient (Wildman–Crippen LogP) is 3.13. The quantitative estimate of drug-likeness (QED) is 0.686. The van der Waals surface area contributed by atoms with Crippen LogP contribution in [0.15, 0.2) is 12.3 Å². The summed E-state index contributed by atoms with van der Waals surface area (Å²) in [6, 6.07) is 2.55. The molecule has 0 unspecified atom stereocenters. The highest BCUT2D eigenvalue weighted by atomic mass is 15.3. The fourth-order valence-corrected chi connectivity index (χ4v) is 1.84. The van der Waals surface area contributed by atoms with Crippen molar-refractivity contribution in [2.75, 3.05) is 6.54 Å². The maximum Gasteiger partial charge on any atom is 0.0525 e. The molecular formula is C13H25N3. The van der Waals surface area contributed by atoms with E-state index in [1.165, 1.54) is 31.4 Å². The predicted molar refractivity (Wildman–Crippen MR) is 68.5 cm³/mol. The molecular weight excluding hydrogens is 198 g/mol. The SMILES string of the molecule is CCCCCCNCc1ccnn1C(C)C. The molecule has 0 atom stereocenters. The van der Waals surface area contributed by atoms with Crippen LogP contribution in [0.5, 0.6) is 0 Å². The van der Waals surface area contributed by atoms with Crippen LogP contribution in [-0.2, 0) is 6.54 Å². The maximum atomic E-state index is 4.32. The zero-order chi connectivity index (χ0) is 11.8. The Bertz CT molecular complexity index is 278. The molecule has 0 aliphatic rings. The number of aromatic nitrogens is 2. The van der Waals surface area contributed by atoms with Crippen molar-refractivity contribution >= 4 is 0 Å². The molecule has 3 heteroatoms. The molecule has 0 aliphatic carbocycles. The van der Waals surface area contributed by atoms with E-state index in [-0.39, 0.29) is 0 Å². The zero-order valence-corrected chi connectivity index (χ0v) is 10.9. The number of nitrogens with one attached hydrogen (secondary N) is 1. The molecule has 1 aromatic heterocycles. The minimum Gasteiger partial charge on any atom is -0.311 e. The molecule has 0 bridgehead atoms. The highest BCUT2D eigenvalue weighted by molar-refractivity contribution is 5.00. The molecule has 3 nitrogen and oxygen atoms in total. The van der Waals surface area contributed by atoms with Crippen molar-refractivity contribution in [1.82, 2.24) is 15.1 Å². The third-order valence-corrected chi connectivity index (χ3v) is 2.75. The van der Waals surface area contributed by atoms with Crippen LogP contribution in [0.2, 0.25) is 0 Å². The van der Waals surface area contributed by atoms with Gasteiger partial charge >= 0.3 is 0 Å². The van der Waals surface area contributed by atoms with Gasteiger partial charge in [-0.15, -0.1) is 0 Å². The Balaban J connectivity index is 2.19. The first-order chi connectivity index (χ1) is 7.75. The average molecular weight is 223 g/mol. The van der Waals surface area contributed by atoms with Crippen molar-refractivity contribution < 1.29 is 0 Å². The lowest BCUT2D eigenvalue weighted by atomic mass is 10.2. The molecule has 0 saturated heterocycles. The Morgan fingerprint density at radius 3 is 2.81 bits per heavy atom. The van der Waals surface area contributed by atoms with Crippen molar-refractivity contribution in [2.24, 2.45) is 0 Å². The molecule has 0 aliphatic heterocycles. The topological polar surface area (TPSA) is 29.9 Å². The summed E-state index contributed by atoms with van der Waals surface area (Å²) in [4.78, 5) is 0. The summed E-state index contributed by atoms with van der Waals surface area (Å²) in [5.41, 5.74) is 1.28. The van der Waals surface area contributed by atoms with E-state index in [1.54, 1.807) is 0 Å². The van der Waals surface area contributed by atoms with Gasteiger partial charge in [-0.2, -0.15) is 5.10 Å². The van der Waals surface area contributed by atoms with Crippen LogP contribution < -0.4 is 5.32 Å². The van der Waals surface area contributed by atoms with E-state index in [1.807, 2.05) is 6.20 Å². The molecule has 0 aromatic carbocycles. The average Bonchev–Trinajstić information content (AvgIpc) is 2.71. The Morgan fingerprint density at radius 1 is 1.31 bits per heavy atom. The summed E-state index contributed by atoms with van der Waals surface area (Å²) < 4.78 is 2.08. The van der Waals surface area contributed by atoms with Gasteiger partial charge in [0.15, 0.2) is 0 Å². The van der Waals surface area contributed by atoms with Crippen molar-refractivity contribution in [3.63, 3.8) is 0 Å². The summed E-state index contributed by atoms with van der Waals surface area (Å²) in [5.74, 6) is 0. The third kappa shape index (κ3) is 4.35. The van der Waals surface area contributed by atoms with Gasteiger partial charge in [-0.25, -0.2) is 0 Å². The van der Waals surface area contributed by atoms with Gasteiger partial charge in [-0.05, 0) is 32.9 Å². The second kappa shape index (κ2) is 7.44. The van der Waals surface area contributed by atoms with Crippen LogP contribution in [0.1, 0.15) is 58.2 Å². The Labute approximate surface area is 99.2 Å². The summed E-state index contributed by atoms with van der Waals surface area (Å²) in [5, 5.41) is 7.80. The van der Waals surface area contributed by atoms with Crippen LogP contribution >= 0.6 is 0 Å². The monoisotopic (exact) mass is 223 g/mol.